The van der Waals surface area contributed by atoms with Crippen LogP contribution in [0.1, 0.15) is 51.9 Å². The van der Waals surface area contributed by atoms with Crippen molar-refractivity contribution in [2.75, 3.05) is 5.33 Å². The van der Waals surface area contributed by atoms with Crippen molar-refractivity contribution < 1.29 is 9.53 Å². The predicted molar refractivity (Wildman–Crippen MR) is 71.3 cm³/mol. The molecular weight excluding hydrogens is 282 g/mol. The van der Waals surface area contributed by atoms with Gasteiger partial charge in [0, 0.05) is 10.9 Å². The lowest BCUT2D eigenvalue weighted by Crippen LogP contribution is -2.54. The molecule has 1 saturated carbocycles. The maximum absolute atomic E-state index is 12.2. The summed E-state index contributed by atoms with van der Waals surface area (Å²) in [6, 6.07) is 0. The second kappa shape index (κ2) is 5.70. The fourth-order valence-corrected chi connectivity index (χ4v) is 3.56. The van der Waals surface area contributed by atoms with E-state index >= 15 is 0 Å². The van der Waals surface area contributed by atoms with Crippen molar-refractivity contribution in [3.63, 3.8) is 0 Å². The van der Waals surface area contributed by atoms with E-state index in [1.54, 1.807) is 0 Å². The quantitative estimate of drug-likeness (QED) is 0.814. The largest absolute Gasteiger partial charge is 0.365 e. The van der Waals surface area contributed by atoms with Crippen molar-refractivity contribution in [1.29, 1.82) is 0 Å². The molecular formula is C13H22BrNO2. The molecule has 0 aromatic heterocycles. The van der Waals surface area contributed by atoms with Gasteiger partial charge in [0.05, 0.1) is 6.10 Å². The summed E-state index contributed by atoms with van der Waals surface area (Å²) in [6.45, 7) is 2.04. The molecule has 1 aliphatic carbocycles. The van der Waals surface area contributed by atoms with Gasteiger partial charge in [-0.3, -0.25) is 4.79 Å². The molecule has 98 valence electrons. The van der Waals surface area contributed by atoms with Crippen molar-refractivity contribution in [2.24, 2.45) is 0 Å². The minimum absolute atomic E-state index is 0.0233. The summed E-state index contributed by atoms with van der Waals surface area (Å²) in [6.07, 6.45) is 7.78. The zero-order valence-corrected chi connectivity index (χ0v) is 12.1. The summed E-state index contributed by atoms with van der Waals surface area (Å²) in [4.78, 5) is 12.2. The van der Waals surface area contributed by atoms with Gasteiger partial charge in [0.25, 0.3) is 0 Å². The van der Waals surface area contributed by atoms with E-state index in [4.69, 9.17) is 4.74 Å². The second-order valence-corrected chi connectivity index (χ2v) is 6.04. The molecule has 1 heterocycles. The third-order valence-electron chi connectivity index (χ3n) is 3.98. The predicted octanol–water partition coefficient (Wildman–Crippen LogP) is 2.77. The molecule has 1 saturated heterocycles. The number of carbonyl (C=O) groups is 1. The molecule has 1 N–H and O–H groups in total. The number of ether oxygens (including phenoxy) is 1. The van der Waals surface area contributed by atoms with E-state index in [0.29, 0.717) is 0 Å². The van der Waals surface area contributed by atoms with Crippen LogP contribution in [-0.2, 0) is 9.53 Å². The number of rotatable bonds is 3. The van der Waals surface area contributed by atoms with Gasteiger partial charge in [-0.2, -0.15) is 0 Å². The monoisotopic (exact) mass is 303 g/mol. The van der Waals surface area contributed by atoms with E-state index in [9.17, 15) is 4.79 Å². The molecule has 2 unspecified atom stereocenters. The number of nitrogens with one attached hydrogen (secondary N) is 1. The third-order valence-corrected chi connectivity index (χ3v) is 5.05. The number of hydrogen-bond donors (Lipinski definition) is 1. The lowest BCUT2D eigenvalue weighted by atomic mass is 9.83. The van der Waals surface area contributed by atoms with E-state index in [-0.39, 0.29) is 23.7 Å². The average Bonchev–Trinajstić information content (AvgIpc) is 2.77. The zero-order valence-electron chi connectivity index (χ0n) is 10.5. The second-order valence-electron chi connectivity index (χ2n) is 5.48. The minimum atomic E-state index is -0.220. The van der Waals surface area contributed by atoms with Crippen LogP contribution < -0.4 is 5.32 Å². The van der Waals surface area contributed by atoms with Gasteiger partial charge < -0.3 is 10.1 Å². The first kappa shape index (κ1) is 13.3. The van der Waals surface area contributed by atoms with Crippen molar-refractivity contribution >= 4 is 21.8 Å². The number of halogens is 1. The topological polar surface area (TPSA) is 38.3 Å². The highest BCUT2D eigenvalue weighted by atomic mass is 79.9. The molecule has 0 aromatic rings. The van der Waals surface area contributed by atoms with Crippen LogP contribution in [0.4, 0.5) is 0 Å². The van der Waals surface area contributed by atoms with Gasteiger partial charge in [-0.05, 0) is 32.6 Å². The minimum Gasteiger partial charge on any atom is -0.365 e. The molecule has 0 bridgehead atoms. The normalized spacial score (nSPS) is 32.4. The van der Waals surface area contributed by atoms with Gasteiger partial charge >= 0.3 is 0 Å². The van der Waals surface area contributed by atoms with Crippen LogP contribution in [-0.4, -0.2) is 29.0 Å². The Bertz CT molecular complexity index is 277. The van der Waals surface area contributed by atoms with Gasteiger partial charge in [0.1, 0.15) is 6.10 Å². The molecule has 2 aliphatic rings. The summed E-state index contributed by atoms with van der Waals surface area (Å²) in [7, 11) is 0. The zero-order chi connectivity index (χ0) is 12.3. The van der Waals surface area contributed by atoms with E-state index in [2.05, 4.69) is 21.2 Å². The van der Waals surface area contributed by atoms with Gasteiger partial charge in [-0.25, -0.2) is 0 Å². The van der Waals surface area contributed by atoms with E-state index < -0.39 is 0 Å². The Balaban J connectivity index is 1.91. The Kier molecular flexibility index (Phi) is 4.47. The third kappa shape index (κ3) is 3.22. The molecule has 1 amide bonds. The standard InChI is InChI=1S/C13H22BrNO2/c1-10-5-6-11(17-10)12(16)15-13(9-14)7-3-2-4-8-13/h10-11H,2-9H2,1H3,(H,15,16). The summed E-state index contributed by atoms with van der Waals surface area (Å²) < 4.78 is 5.63. The van der Waals surface area contributed by atoms with E-state index in [1.165, 1.54) is 19.3 Å². The van der Waals surface area contributed by atoms with Crippen molar-refractivity contribution in [3.8, 4) is 0 Å². The van der Waals surface area contributed by atoms with Gasteiger partial charge in [0.15, 0.2) is 0 Å². The maximum atomic E-state index is 12.2. The summed E-state index contributed by atoms with van der Waals surface area (Å²) >= 11 is 3.56. The molecule has 0 aromatic carbocycles. The fourth-order valence-electron chi connectivity index (χ4n) is 2.86. The van der Waals surface area contributed by atoms with E-state index in [0.717, 1.165) is 31.0 Å². The van der Waals surface area contributed by atoms with Crippen molar-refractivity contribution in [3.05, 3.63) is 0 Å². The lowest BCUT2D eigenvalue weighted by molar-refractivity contribution is -0.133. The SMILES string of the molecule is CC1CCC(C(=O)NC2(CBr)CCCCC2)O1. The smallest absolute Gasteiger partial charge is 0.249 e. The first-order chi connectivity index (χ1) is 8.15. The molecule has 1 aliphatic heterocycles. The fraction of sp³-hybridized carbons (Fsp3) is 0.923. The molecule has 4 heteroatoms. The number of carbonyl (C=O) groups excluding carboxylic acids is 1. The molecule has 2 rings (SSSR count). The number of hydrogen-bond acceptors (Lipinski definition) is 2. The highest BCUT2D eigenvalue weighted by molar-refractivity contribution is 9.09. The van der Waals surface area contributed by atoms with Crippen molar-refractivity contribution in [1.82, 2.24) is 5.32 Å². The molecule has 17 heavy (non-hydrogen) atoms. The van der Waals surface area contributed by atoms with Crippen LogP contribution in [0.25, 0.3) is 0 Å². The Labute approximate surface area is 112 Å². The van der Waals surface area contributed by atoms with Gasteiger partial charge in [-0.15, -0.1) is 0 Å². The van der Waals surface area contributed by atoms with Crippen LogP contribution in [0.3, 0.4) is 0 Å². The van der Waals surface area contributed by atoms with E-state index in [1.807, 2.05) is 6.92 Å². The maximum Gasteiger partial charge on any atom is 0.249 e. The molecule has 0 radical (unpaired) electrons. The van der Waals surface area contributed by atoms with Crippen LogP contribution in [0.5, 0.6) is 0 Å². The molecule has 0 spiro atoms. The van der Waals surface area contributed by atoms with Crippen molar-refractivity contribution in [2.45, 2.75) is 69.6 Å². The summed E-state index contributed by atoms with van der Waals surface area (Å²) in [5.41, 5.74) is -0.0233. The van der Waals surface area contributed by atoms with Gasteiger partial charge in [-0.1, -0.05) is 35.2 Å². The lowest BCUT2D eigenvalue weighted by Gasteiger charge is -2.37. The molecule has 2 atom stereocenters. The Morgan fingerprint density at radius 1 is 1.35 bits per heavy atom. The number of alkyl halides is 1. The molecule has 3 nitrogen and oxygen atoms in total. The Hall–Kier alpha value is -0.0900. The average molecular weight is 304 g/mol. The highest BCUT2D eigenvalue weighted by Gasteiger charge is 2.36. The highest BCUT2D eigenvalue weighted by Crippen LogP contribution is 2.30. The Morgan fingerprint density at radius 2 is 2.06 bits per heavy atom. The first-order valence-electron chi connectivity index (χ1n) is 6.69. The van der Waals surface area contributed by atoms with Gasteiger partial charge in [0.2, 0.25) is 5.91 Å². The number of amides is 1. The first-order valence-corrected chi connectivity index (χ1v) is 7.81. The Morgan fingerprint density at radius 3 is 2.59 bits per heavy atom. The summed E-state index contributed by atoms with van der Waals surface area (Å²) in [5.74, 6) is 0.0932. The molecule has 2 fully saturated rings. The summed E-state index contributed by atoms with van der Waals surface area (Å²) in [5, 5.41) is 4.09. The van der Waals surface area contributed by atoms with Crippen LogP contribution in [0.15, 0.2) is 0 Å². The van der Waals surface area contributed by atoms with Crippen LogP contribution in [0, 0.1) is 0 Å². The van der Waals surface area contributed by atoms with Crippen LogP contribution >= 0.6 is 15.9 Å². The van der Waals surface area contributed by atoms with Crippen LogP contribution in [0.2, 0.25) is 0 Å².